The number of thioether (sulfide) groups is 1. The van der Waals surface area contributed by atoms with Crippen molar-refractivity contribution in [3.05, 3.63) is 69.6 Å². The third kappa shape index (κ3) is 4.30. The molecule has 1 amide bonds. The summed E-state index contributed by atoms with van der Waals surface area (Å²) >= 11 is 7.16. The molecule has 32 heavy (non-hydrogen) atoms. The Morgan fingerprint density at radius 3 is 2.81 bits per heavy atom. The number of carbonyl (C=O) groups is 1. The molecular formula is C20H14ClF2N5O3S. The van der Waals surface area contributed by atoms with E-state index in [4.69, 9.17) is 16.3 Å². The molecule has 0 aliphatic carbocycles. The quantitative estimate of drug-likeness (QED) is 0.324. The van der Waals surface area contributed by atoms with Gasteiger partial charge in [-0.05, 0) is 30.3 Å². The van der Waals surface area contributed by atoms with E-state index in [-0.39, 0.29) is 32.7 Å². The van der Waals surface area contributed by atoms with Crippen LogP contribution in [0.4, 0.5) is 14.5 Å². The first kappa shape index (κ1) is 21.8. The number of halogens is 3. The van der Waals surface area contributed by atoms with Crippen molar-refractivity contribution < 1.29 is 18.3 Å². The average molecular weight is 478 g/mol. The Morgan fingerprint density at radius 1 is 1.28 bits per heavy atom. The largest absolute Gasteiger partial charge is 0.495 e. The summed E-state index contributed by atoms with van der Waals surface area (Å²) in [5, 5.41) is 9.55. The van der Waals surface area contributed by atoms with Crippen molar-refractivity contribution in [1.82, 2.24) is 19.7 Å². The summed E-state index contributed by atoms with van der Waals surface area (Å²) in [6.45, 7) is 0. The lowest BCUT2D eigenvalue weighted by atomic mass is 10.3. The third-order valence-corrected chi connectivity index (χ3v) is 5.62. The molecule has 164 valence electrons. The number of carbonyl (C=O) groups excluding carboxylic acids is 1. The van der Waals surface area contributed by atoms with Gasteiger partial charge in [0.1, 0.15) is 22.8 Å². The highest BCUT2D eigenvalue weighted by Crippen LogP contribution is 2.28. The fraction of sp³-hybridized carbons (Fsp3) is 0.100. The van der Waals surface area contributed by atoms with E-state index in [1.165, 1.54) is 23.9 Å². The molecule has 8 nitrogen and oxygen atoms in total. The predicted molar refractivity (Wildman–Crippen MR) is 117 cm³/mol. The maximum Gasteiger partial charge on any atom is 0.269 e. The summed E-state index contributed by atoms with van der Waals surface area (Å²) in [6, 6.07) is 7.58. The van der Waals surface area contributed by atoms with E-state index in [9.17, 15) is 18.4 Å². The molecule has 0 saturated carbocycles. The van der Waals surface area contributed by atoms with Crippen LogP contribution in [0.5, 0.6) is 5.75 Å². The topological polar surface area (TPSA) is 102 Å². The summed E-state index contributed by atoms with van der Waals surface area (Å²) in [6.07, 6.45) is 1.35. The number of aromatic nitrogens is 4. The molecule has 2 N–H and O–H groups in total. The third-order valence-electron chi connectivity index (χ3n) is 4.38. The van der Waals surface area contributed by atoms with Gasteiger partial charge in [-0.15, -0.1) is 0 Å². The number of aromatic amines is 1. The minimum atomic E-state index is -0.898. The van der Waals surface area contributed by atoms with Crippen LogP contribution >= 0.6 is 23.4 Å². The van der Waals surface area contributed by atoms with Crippen molar-refractivity contribution in [1.29, 1.82) is 0 Å². The highest BCUT2D eigenvalue weighted by Gasteiger charge is 2.17. The lowest BCUT2D eigenvalue weighted by Crippen LogP contribution is -2.22. The molecule has 0 unspecified atom stereocenters. The molecule has 4 aromatic rings. The molecule has 12 heteroatoms. The molecule has 2 heterocycles. The number of nitrogens with zero attached hydrogens (tertiary/aromatic N) is 3. The van der Waals surface area contributed by atoms with Gasteiger partial charge in [-0.3, -0.25) is 19.3 Å². The molecule has 2 aromatic carbocycles. The number of hydrogen-bond acceptors (Lipinski definition) is 6. The van der Waals surface area contributed by atoms with Gasteiger partial charge in [0.05, 0.1) is 35.5 Å². The number of amides is 1. The monoisotopic (exact) mass is 477 g/mol. The zero-order valence-corrected chi connectivity index (χ0v) is 17.9. The highest BCUT2D eigenvalue weighted by molar-refractivity contribution is 7.99. The maximum atomic E-state index is 13.8. The number of rotatable bonds is 6. The van der Waals surface area contributed by atoms with E-state index in [1.807, 2.05) is 0 Å². The van der Waals surface area contributed by atoms with Gasteiger partial charge >= 0.3 is 0 Å². The van der Waals surface area contributed by atoms with Crippen LogP contribution in [-0.2, 0) is 4.79 Å². The molecule has 0 aliphatic heterocycles. The second-order valence-corrected chi connectivity index (χ2v) is 7.80. The molecule has 0 fully saturated rings. The van der Waals surface area contributed by atoms with Crippen molar-refractivity contribution in [3.63, 3.8) is 0 Å². The van der Waals surface area contributed by atoms with Crippen LogP contribution in [0.1, 0.15) is 0 Å². The lowest BCUT2D eigenvalue weighted by Gasteiger charge is -2.13. The minimum absolute atomic E-state index is 0.159. The van der Waals surface area contributed by atoms with E-state index in [0.29, 0.717) is 17.5 Å². The fourth-order valence-electron chi connectivity index (χ4n) is 2.90. The summed E-state index contributed by atoms with van der Waals surface area (Å²) in [7, 11) is 1.47. The molecule has 4 rings (SSSR count). The van der Waals surface area contributed by atoms with E-state index < -0.39 is 23.1 Å². The van der Waals surface area contributed by atoms with Crippen LogP contribution in [-0.4, -0.2) is 38.5 Å². The first-order chi connectivity index (χ1) is 15.4. The number of benzene rings is 2. The molecule has 0 saturated heterocycles. The SMILES string of the molecule is COc1ccc(-n2c(SCC(=O)Nc3ccc(F)cc3F)nc3[nH]ncc3c2=O)cc1Cl. The molecule has 2 aromatic heterocycles. The number of fused-ring (bicyclic) bond motifs is 1. The van der Waals surface area contributed by atoms with Crippen molar-refractivity contribution >= 4 is 46.0 Å². The second kappa shape index (κ2) is 8.97. The van der Waals surface area contributed by atoms with Crippen molar-refractivity contribution in [3.8, 4) is 11.4 Å². The van der Waals surface area contributed by atoms with Gasteiger partial charge in [0.15, 0.2) is 10.8 Å². The Hall–Kier alpha value is -3.44. The average Bonchev–Trinajstić information content (AvgIpc) is 3.23. The number of methoxy groups -OCH3 is 1. The highest BCUT2D eigenvalue weighted by atomic mass is 35.5. The van der Waals surface area contributed by atoms with Crippen LogP contribution in [0, 0.1) is 11.6 Å². The molecule has 0 aliphatic rings. The zero-order valence-electron chi connectivity index (χ0n) is 16.4. The number of ether oxygens (including phenoxy) is 1. The van der Waals surface area contributed by atoms with Gasteiger partial charge in [-0.25, -0.2) is 13.8 Å². The molecule has 0 radical (unpaired) electrons. The van der Waals surface area contributed by atoms with Crippen LogP contribution in [0.25, 0.3) is 16.7 Å². The first-order valence-corrected chi connectivity index (χ1v) is 10.4. The minimum Gasteiger partial charge on any atom is -0.495 e. The van der Waals surface area contributed by atoms with Crippen molar-refractivity contribution in [2.75, 3.05) is 18.2 Å². The molecule has 0 bridgehead atoms. The Kier molecular flexibility index (Phi) is 6.10. The van der Waals surface area contributed by atoms with E-state index >= 15 is 0 Å². The van der Waals surface area contributed by atoms with Crippen molar-refractivity contribution in [2.24, 2.45) is 0 Å². The molecular weight excluding hydrogens is 464 g/mol. The maximum absolute atomic E-state index is 13.8. The summed E-state index contributed by atoms with van der Waals surface area (Å²) in [5.41, 5.74) is 0.0769. The van der Waals surface area contributed by atoms with E-state index in [2.05, 4.69) is 20.5 Å². The zero-order chi connectivity index (χ0) is 22.8. The van der Waals surface area contributed by atoms with Gasteiger partial charge in [0.25, 0.3) is 5.56 Å². The van der Waals surface area contributed by atoms with E-state index in [1.54, 1.807) is 12.1 Å². The summed E-state index contributed by atoms with van der Waals surface area (Å²) < 4.78 is 33.3. The number of H-pyrrole nitrogens is 1. The second-order valence-electron chi connectivity index (χ2n) is 6.45. The molecule has 0 atom stereocenters. The van der Waals surface area contributed by atoms with Crippen molar-refractivity contribution in [2.45, 2.75) is 5.16 Å². The predicted octanol–water partition coefficient (Wildman–Crippen LogP) is 3.78. The standard InChI is InChI=1S/C20H14ClF2N5O3S/c1-31-16-5-3-11(7-13(16)21)28-19(30)12-8-24-27-18(12)26-20(28)32-9-17(29)25-15-4-2-10(22)6-14(15)23/h2-8H,9H2,1H3,(H,24,27)(H,25,29). The number of nitrogens with one attached hydrogen (secondary N) is 2. The van der Waals surface area contributed by atoms with Crippen LogP contribution in [0.3, 0.4) is 0 Å². The van der Waals surface area contributed by atoms with Gasteiger partial charge in [0.2, 0.25) is 5.91 Å². The van der Waals surface area contributed by atoms with Gasteiger partial charge in [0, 0.05) is 6.07 Å². The van der Waals surface area contributed by atoms with Gasteiger partial charge < -0.3 is 10.1 Å². The number of hydrogen-bond donors (Lipinski definition) is 2. The molecule has 0 spiro atoms. The van der Waals surface area contributed by atoms with Gasteiger partial charge in [-0.1, -0.05) is 23.4 Å². The van der Waals surface area contributed by atoms with Crippen LogP contribution < -0.4 is 15.6 Å². The van der Waals surface area contributed by atoms with Crippen LogP contribution in [0.2, 0.25) is 5.02 Å². The normalized spacial score (nSPS) is 11.0. The van der Waals surface area contributed by atoms with Crippen LogP contribution in [0.15, 0.2) is 52.5 Å². The Labute approximate surface area is 188 Å². The summed E-state index contributed by atoms with van der Waals surface area (Å²) in [5.74, 6) is -2.00. The summed E-state index contributed by atoms with van der Waals surface area (Å²) in [4.78, 5) is 29.8. The fourth-order valence-corrected chi connectivity index (χ4v) is 3.96. The first-order valence-electron chi connectivity index (χ1n) is 9.05. The van der Waals surface area contributed by atoms with Gasteiger partial charge in [-0.2, -0.15) is 5.10 Å². The Morgan fingerprint density at radius 2 is 2.09 bits per heavy atom. The number of anilines is 1. The van der Waals surface area contributed by atoms with E-state index in [0.717, 1.165) is 23.9 Å². The Bertz CT molecular complexity index is 1390. The lowest BCUT2D eigenvalue weighted by molar-refractivity contribution is -0.113. The smallest absolute Gasteiger partial charge is 0.269 e. The Balaban J connectivity index is 1.66.